The Morgan fingerprint density at radius 3 is 2.12 bits per heavy atom. The fraction of sp³-hybridized carbons (Fsp3) is 0. The summed E-state index contributed by atoms with van der Waals surface area (Å²) < 4.78 is 5.10. The SMILES string of the molecule is c1ccc2cc(-c3nc(-c4ccc(-n5c6ccccc6c6c7c8ccccc8sc7c7ccccc7c65)cc4)nc4cccnc34)ccc2c1. The molecule has 0 aliphatic carbocycles. The third-order valence-corrected chi connectivity index (χ3v) is 11.2. The summed E-state index contributed by atoms with van der Waals surface area (Å²) in [6.45, 7) is 0. The molecule has 4 heterocycles. The Balaban J connectivity index is 1.14. The molecule has 0 bridgehead atoms. The van der Waals surface area contributed by atoms with Crippen molar-refractivity contribution in [3.8, 4) is 28.3 Å². The summed E-state index contributed by atoms with van der Waals surface area (Å²) in [5.74, 6) is 0.680. The lowest BCUT2D eigenvalue weighted by molar-refractivity contribution is 1.18. The Hall–Kier alpha value is -6.43. The van der Waals surface area contributed by atoms with Gasteiger partial charge in [0.25, 0.3) is 0 Å². The minimum atomic E-state index is 0.680. The highest BCUT2D eigenvalue weighted by molar-refractivity contribution is 7.27. The summed E-state index contributed by atoms with van der Waals surface area (Å²) in [6, 6.07) is 54.0. The molecular weight excluding hydrogens is 629 g/mol. The number of thiophene rings is 1. The van der Waals surface area contributed by atoms with Gasteiger partial charge in [0.05, 0.1) is 16.6 Å². The minimum absolute atomic E-state index is 0.680. The molecule has 232 valence electrons. The van der Waals surface area contributed by atoms with E-state index in [0.717, 1.165) is 33.5 Å². The van der Waals surface area contributed by atoms with Crippen molar-refractivity contribution >= 4 is 85.9 Å². The lowest BCUT2D eigenvalue weighted by Crippen LogP contribution is -1.98. The van der Waals surface area contributed by atoms with E-state index in [9.17, 15) is 0 Å². The second kappa shape index (κ2) is 10.5. The molecule has 4 nitrogen and oxygen atoms in total. The molecule has 5 heteroatoms. The molecule has 50 heavy (non-hydrogen) atoms. The van der Waals surface area contributed by atoms with Crippen LogP contribution < -0.4 is 0 Å². The van der Waals surface area contributed by atoms with Gasteiger partial charge in [-0.25, -0.2) is 9.97 Å². The van der Waals surface area contributed by atoms with Gasteiger partial charge >= 0.3 is 0 Å². The first-order chi connectivity index (χ1) is 24.8. The Morgan fingerprint density at radius 1 is 0.520 bits per heavy atom. The van der Waals surface area contributed by atoms with Crippen LogP contribution in [0.5, 0.6) is 0 Å². The highest BCUT2D eigenvalue weighted by atomic mass is 32.1. The zero-order chi connectivity index (χ0) is 32.8. The van der Waals surface area contributed by atoms with Gasteiger partial charge < -0.3 is 4.57 Å². The molecule has 0 aliphatic rings. The van der Waals surface area contributed by atoms with Crippen LogP contribution in [0.15, 0.2) is 158 Å². The highest BCUT2D eigenvalue weighted by Gasteiger charge is 2.22. The van der Waals surface area contributed by atoms with E-state index < -0.39 is 0 Å². The summed E-state index contributed by atoms with van der Waals surface area (Å²) in [7, 11) is 0. The number of rotatable bonds is 3. The number of pyridine rings is 1. The van der Waals surface area contributed by atoms with Crippen molar-refractivity contribution in [2.24, 2.45) is 0 Å². The number of nitrogens with zero attached hydrogens (tertiary/aromatic N) is 4. The van der Waals surface area contributed by atoms with E-state index in [1.54, 1.807) is 0 Å². The number of benzene rings is 7. The molecule has 0 atom stereocenters. The molecule has 0 N–H and O–H groups in total. The second-order valence-electron chi connectivity index (χ2n) is 12.8. The lowest BCUT2D eigenvalue weighted by Gasteiger charge is -2.12. The van der Waals surface area contributed by atoms with E-state index in [0.29, 0.717) is 5.82 Å². The van der Waals surface area contributed by atoms with Gasteiger partial charge in [0.15, 0.2) is 5.82 Å². The highest BCUT2D eigenvalue weighted by Crippen LogP contribution is 2.48. The Morgan fingerprint density at radius 2 is 1.24 bits per heavy atom. The molecule has 7 aromatic carbocycles. The quantitative estimate of drug-likeness (QED) is 0.190. The van der Waals surface area contributed by atoms with Crippen molar-refractivity contribution in [1.82, 2.24) is 19.5 Å². The van der Waals surface area contributed by atoms with Crippen LogP contribution in [0.2, 0.25) is 0 Å². The molecule has 0 amide bonds. The first kappa shape index (κ1) is 27.5. The number of fused-ring (bicyclic) bond motifs is 12. The Kier molecular flexibility index (Phi) is 5.80. The van der Waals surface area contributed by atoms with E-state index in [-0.39, 0.29) is 0 Å². The van der Waals surface area contributed by atoms with Crippen molar-refractivity contribution in [3.05, 3.63) is 158 Å². The summed E-state index contributed by atoms with van der Waals surface area (Å²) in [5, 5.41) is 10.1. The summed E-state index contributed by atoms with van der Waals surface area (Å²) in [5.41, 5.74) is 7.96. The summed E-state index contributed by atoms with van der Waals surface area (Å²) >= 11 is 1.89. The minimum Gasteiger partial charge on any atom is -0.309 e. The van der Waals surface area contributed by atoms with Crippen molar-refractivity contribution in [2.75, 3.05) is 0 Å². The molecule has 4 aromatic heterocycles. The van der Waals surface area contributed by atoms with Gasteiger partial charge in [0.2, 0.25) is 0 Å². The molecule has 11 rings (SSSR count). The summed E-state index contributed by atoms with van der Waals surface area (Å²) in [4.78, 5) is 14.9. The maximum Gasteiger partial charge on any atom is 0.160 e. The van der Waals surface area contributed by atoms with E-state index >= 15 is 0 Å². The fourth-order valence-electron chi connectivity index (χ4n) is 7.78. The molecule has 0 aliphatic heterocycles. The average molecular weight is 655 g/mol. The predicted octanol–water partition coefficient (Wildman–Crippen LogP) is 12.1. The van der Waals surface area contributed by atoms with Gasteiger partial charge in [0, 0.05) is 64.7 Å². The molecule has 0 spiro atoms. The zero-order valence-corrected chi connectivity index (χ0v) is 27.5. The van der Waals surface area contributed by atoms with Crippen LogP contribution in [0.1, 0.15) is 0 Å². The zero-order valence-electron chi connectivity index (χ0n) is 26.7. The molecule has 0 fully saturated rings. The molecular formula is C45H26N4S. The fourth-order valence-corrected chi connectivity index (χ4v) is 9.03. The Bertz CT molecular complexity index is 3150. The number of hydrogen-bond donors (Lipinski definition) is 0. The smallest absolute Gasteiger partial charge is 0.160 e. The van der Waals surface area contributed by atoms with Crippen LogP contribution in [-0.4, -0.2) is 19.5 Å². The first-order valence-corrected chi connectivity index (χ1v) is 17.6. The van der Waals surface area contributed by atoms with Crippen LogP contribution in [0, 0.1) is 0 Å². The van der Waals surface area contributed by atoms with Gasteiger partial charge in [-0.2, -0.15) is 0 Å². The monoisotopic (exact) mass is 654 g/mol. The largest absolute Gasteiger partial charge is 0.309 e. The van der Waals surface area contributed by atoms with Crippen LogP contribution in [0.4, 0.5) is 0 Å². The molecule has 11 aromatic rings. The van der Waals surface area contributed by atoms with E-state index in [2.05, 4.69) is 144 Å². The van der Waals surface area contributed by atoms with E-state index in [4.69, 9.17) is 15.0 Å². The lowest BCUT2D eigenvalue weighted by atomic mass is 10.00. The average Bonchev–Trinajstić information content (AvgIpc) is 3.74. The van der Waals surface area contributed by atoms with Crippen molar-refractivity contribution in [1.29, 1.82) is 0 Å². The normalized spacial score (nSPS) is 12.0. The third kappa shape index (κ3) is 3.95. The van der Waals surface area contributed by atoms with Crippen LogP contribution in [0.25, 0.3) is 103 Å². The number of hydrogen-bond acceptors (Lipinski definition) is 4. The van der Waals surface area contributed by atoms with Gasteiger partial charge in [0.1, 0.15) is 11.2 Å². The third-order valence-electron chi connectivity index (χ3n) is 10.0. The van der Waals surface area contributed by atoms with Gasteiger partial charge in [-0.05, 0) is 65.4 Å². The Labute approximate surface area is 290 Å². The standard InChI is InChI=1S/C45H26N4S/c1-2-11-29-26-30(20-19-27(29)10-1)41-42-36(16-9-25-46-42)47-45(48-41)28-21-23-31(24-22-28)49-37-17-7-5-14-34(37)39-40-35-15-6-8-18-38(35)50-44(40)33-13-4-3-12-32(33)43(39)49/h1-26H. The molecule has 0 saturated carbocycles. The maximum atomic E-state index is 5.16. The molecule has 0 unspecified atom stereocenters. The molecule has 0 radical (unpaired) electrons. The van der Waals surface area contributed by atoms with Crippen LogP contribution >= 0.6 is 11.3 Å². The summed E-state index contributed by atoms with van der Waals surface area (Å²) in [6.07, 6.45) is 1.81. The second-order valence-corrected chi connectivity index (χ2v) is 13.9. The molecule has 0 saturated heterocycles. The van der Waals surface area contributed by atoms with E-state index in [1.807, 2.05) is 29.7 Å². The number of para-hydroxylation sites is 1. The first-order valence-electron chi connectivity index (χ1n) is 16.8. The topological polar surface area (TPSA) is 43.6 Å². The van der Waals surface area contributed by atoms with E-state index in [1.165, 1.54) is 63.5 Å². The van der Waals surface area contributed by atoms with Crippen molar-refractivity contribution < 1.29 is 0 Å². The van der Waals surface area contributed by atoms with Crippen LogP contribution in [0.3, 0.4) is 0 Å². The number of aromatic nitrogens is 4. The maximum absolute atomic E-state index is 5.16. The van der Waals surface area contributed by atoms with Gasteiger partial charge in [-0.3, -0.25) is 4.98 Å². The van der Waals surface area contributed by atoms with Crippen molar-refractivity contribution in [3.63, 3.8) is 0 Å². The predicted molar refractivity (Wildman–Crippen MR) is 210 cm³/mol. The van der Waals surface area contributed by atoms with Gasteiger partial charge in [-0.15, -0.1) is 11.3 Å². The van der Waals surface area contributed by atoms with Crippen LogP contribution in [-0.2, 0) is 0 Å². The van der Waals surface area contributed by atoms with Gasteiger partial charge in [-0.1, -0.05) is 97.1 Å². The van der Waals surface area contributed by atoms with Crippen molar-refractivity contribution in [2.45, 2.75) is 0 Å².